The fourth-order valence-electron chi connectivity index (χ4n) is 2.43. The minimum Gasteiger partial charge on any atom is -0.478 e. The van der Waals surface area contributed by atoms with Gasteiger partial charge in [-0.1, -0.05) is 23.7 Å². The van der Waals surface area contributed by atoms with Gasteiger partial charge in [0.1, 0.15) is 5.52 Å². The van der Waals surface area contributed by atoms with Gasteiger partial charge < -0.3 is 5.11 Å². The molecule has 0 atom stereocenters. The summed E-state index contributed by atoms with van der Waals surface area (Å²) in [6.07, 6.45) is -4.57. The van der Waals surface area contributed by atoms with Crippen molar-refractivity contribution in [3.8, 4) is 11.3 Å². The van der Waals surface area contributed by atoms with Crippen molar-refractivity contribution >= 4 is 28.5 Å². The highest BCUT2D eigenvalue weighted by Gasteiger charge is 2.30. The zero-order valence-electron chi connectivity index (χ0n) is 12.2. The molecule has 0 aliphatic heterocycles. The predicted molar refractivity (Wildman–Crippen MR) is 84.1 cm³/mol. The molecule has 0 spiro atoms. The number of halogens is 5. The summed E-state index contributed by atoms with van der Waals surface area (Å²) < 4.78 is 52.7. The summed E-state index contributed by atoms with van der Waals surface area (Å²) in [7, 11) is 0. The largest absolute Gasteiger partial charge is 0.478 e. The van der Waals surface area contributed by atoms with Crippen LogP contribution in [0.1, 0.15) is 15.9 Å². The first kappa shape index (κ1) is 17.2. The standard InChI is InChI=1S/C17H8ClF4NO2/c18-10-5-11-12(16(24)25)7-14(23-15(11)13(19)6-10)8-2-1-3-9(4-8)17(20,21)22/h1-7H,(H,24,25). The zero-order chi connectivity index (χ0) is 18.4. The Kier molecular flexibility index (Phi) is 4.12. The van der Waals surface area contributed by atoms with E-state index in [1.807, 2.05) is 0 Å². The number of nitrogens with zero attached hydrogens (tertiary/aromatic N) is 1. The fraction of sp³-hybridized carbons (Fsp3) is 0.0588. The van der Waals surface area contributed by atoms with Crippen molar-refractivity contribution in [2.75, 3.05) is 0 Å². The molecular formula is C17H8ClF4NO2. The van der Waals surface area contributed by atoms with Crippen LogP contribution in [0.25, 0.3) is 22.2 Å². The molecule has 1 aromatic heterocycles. The van der Waals surface area contributed by atoms with E-state index in [2.05, 4.69) is 4.98 Å². The number of alkyl halides is 3. The van der Waals surface area contributed by atoms with Crippen LogP contribution in [0.15, 0.2) is 42.5 Å². The number of carboxylic acid groups (broad SMARTS) is 1. The second-order valence-electron chi connectivity index (χ2n) is 5.22. The van der Waals surface area contributed by atoms with Crippen LogP contribution in [0.2, 0.25) is 5.02 Å². The molecule has 0 radical (unpaired) electrons. The van der Waals surface area contributed by atoms with Gasteiger partial charge in [-0.25, -0.2) is 14.2 Å². The quantitative estimate of drug-likeness (QED) is 0.614. The second kappa shape index (κ2) is 6.00. The molecule has 0 saturated carbocycles. The van der Waals surface area contributed by atoms with Crippen LogP contribution in [0.4, 0.5) is 17.6 Å². The molecular weight excluding hydrogens is 362 g/mol. The van der Waals surface area contributed by atoms with E-state index in [0.717, 1.165) is 24.3 Å². The molecule has 128 valence electrons. The Morgan fingerprint density at radius 2 is 1.84 bits per heavy atom. The van der Waals surface area contributed by atoms with Gasteiger partial charge in [0.15, 0.2) is 5.82 Å². The Balaban J connectivity index is 2.30. The summed E-state index contributed by atoms with van der Waals surface area (Å²) in [5.41, 5.74) is -1.57. The third kappa shape index (κ3) is 3.28. The molecule has 3 rings (SSSR count). The van der Waals surface area contributed by atoms with Crippen molar-refractivity contribution in [1.29, 1.82) is 0 Å². The Labute approximate surface area is 143 Å². The minimum absolute atomic E-state index is 0.0129. The lowest BCUT2D eigenvalue weighted by molar-refractivity contribution is -0.137. The third-order valence-electron chi connectivity index (χ3n) is 3.55. The molecule has 0 bridgehead atoms. The van der Waals surface area contributed by atoms with Gasteiger partial charge in [0.25, 0.3) is 0 Å². The Morgan fingerprint density at radius 1 is 1.12 bits per heavy atom. The number of hydrogen-bond acceptors (Lipinski definition) is 2. The molecule has 8 heteroatoms. The van der Waals surface area contributed by atoms with Crippen LogP contribution in [0.5, 0.6) is 0 Å². The van der Waals surface area contributed by atoms with Crippen LogP contribution in [0, 0.1) is 5.82 Å². The maximum atomic E-state index is 14.1. The number of pyridine rings is 1. The van der Waals surface area contributed by atoms with Crippen LogP contribution >= 0.6 is 11.6 Å². The molecule has 2 aromatic carbocycles. The van der Waals surface area contributed by atoms with Crippen LogP contribution in [-0.4, -0.2) is 16.1 Å². The zero-order valence-corrected chi connectivity index (χ0v) is 13.0. The maximum Gasteiger partial charge on any atom is 0.416 e. The van der Waals surface area contributed by atoms with E-state index in [-0.39, 0.29) is 32.7 Å². The Hall–Kier alpha value is -2.67. The van der Waals surface area contributed by atoms with E-state index in [1.54, 1.807) is 0 Å². The van der Waals surface area contributed by atoms with Gasteiger partial charge in [-0.05, 0) is 30.3 Å². The van der Waals surface area contributed by atoms with Crippen molar-refractivity contribution in [2.24, 2.45) is 0 Å². The number of carbonyl (C=O) groups is 1. The highest BCUT2D eigenvalue weighted by atomic mass is 35.5. The number of rotatable bonds is 2. The highest BCUT2D eigenvalue weighted by molar-refractivity contribution is 6.31. The molecule has 25 heavy (non-hydrogen) atoms. The SMILES string of the molecule is O=C(O)c1cc(-c2cccc(C(F)(F)F)c2)nc2c(F)cc(Cl)cc12. The van der Waals surface area contributed by atoms with Crippen LogP contribution in [-0.2, 0) is 6.18 Å². The monoisotopic (exact) mass is 369 g/mol. The predicted octanol–water partition coefficient (Wildman–Crippen LogP) is 5.41. The van der Waals surface area contributed by atoms with Crippen molar-refractivity contribution < 1.29 is 27.5 Å². The lowest BCUT2D eigenvalue weighted by atomic mass is 10.0. The molecule has 3 nitrogen and oxygen atoms in total. The van der Waals surface area contributed by atoms with E-state index in [0.29, 0.717) is 0 Å². The number of aromatic nitrogens is 1. The van der Waals surface area contributed by atoms with E-state index in [4.69, 9.17) is 11.6 Å². The van der Waals surface area contributed by atoms with E-state index < -0.39 is 23.5 Å². The van der Waals surface area contributed by atoms with Crippen molar-refractivity contribution in [2.45, 2.75) is 6.18 Å². The van der Waals surface area contributed by atoms with E-state index in [1.165, 1.54) is 18.2 Å². The lowest BCUT2D eigenvalue weighted by Crippen LogP contribution is -2.05. The first-order chi connectivity index (χ1) is 11.7. The molecule has 0 saturated heterocycles. The molecule has 1 N–H and O–H groups in total. The van der Waals surface area contributed by atoms with E-state index >= 15 is 0 Å². The number of carboxylic acids is 1. The van der Waals surface area contributed by atoms with Crippen molar-refractivity contribution in [3.63, 3.8) is 0 Å². The van der Waals surface area contributed by atoms with Crippen LogP contribution in [0.3, 0.4) is 0 Å². The van der Waals surface area contributed by atoms with Gasteiger partial charge in [0.2, 0.25) is 0 Å². The minimum atomic E-state index is -4.57. The molecule has 3 aromatic rings. The second-order valence-corrected chi connectivity index (χ2v) is 5.66. The smallest absolute Gasteiger partial charge is 0.416 e. The molecule has 0 unspecified atom stereocenters. The normalized spacial score (nSPS) is 11.7. The average molecular weight is 370 g/mol. The lowest BCUT2D eigenvalue weighted by Gasteiger charge is -2.11. The van der Waals surface area contributed by atoms with E-state index in [9.17, 15) is 27.5 Å². The summed E-state index contributed by atoms with van der Waals surface area (Å²) in [6.45, 7) is 0. The molecule has 0 aliphatic rings. The summed E-state index contributed by atoms with van der Waals surface area (Å²) in [5.74, 6) is -2.24. The molecule has 0 amide bonds. The van der Waals surface area contributed by atoms with Crippen molar-refractivity contribution in [1.82, 2.24) is 4.98 Å². The fourth-order valence-corrected chi connectivity index (χ4v) is 2.64. The first-order valence-electron chi connectivity index (χ1n) is 6.87. The summed E-state index contributed by atoms with van der Waals surface area (Å²) in [5, 5.41) is 9.30. The maximum absolute atomic E-state index is 14.1. The average Bonchev–Trinajstić information content (AvgIpc) is 2.53. The summed E-state index contributed by atoms with van der Waals surface area (Å²) >= 11 is 5.74. The van der Waals surface area contributed by atoms with Gasteiger partial charge in [0.05, 0.1) is 16.8 Å². The molecule has 0 fully saturated rings. The number of fused-ring (bicyclic) bond motifs is 1. The highest BCUT2D eigenvalue weighted by Crippen LogP contribution is 2.33. The number of aromatic carboxylic acids is 1. The Morgan fingerprint density at radius 3 is 2.48 bits per heavy atom. The number of benzene rings is 2. The van der Waals surface area contributed by atoms with Gasteiger partial charge >= 0.3 is 12.1 Å². The summed E-state index contributed by atoms with van der Waals surface area (Å²) in [4.78, 5) is 15.5. The van der Waals surface area contributed by atoms with Crippen molar-refractivity contribution in [3.05, 3.63) is 64.4 Å². The topological polar surface area (TPSA) is 50.2 Å². The Bertz CT molecular complexity index is 1000. The van der Waals surface area contributed by atoms with Gasteiger partial charge in [-0.15, -0.1) is 0 Å². The van der Waals surface area contributed by atoms with Gasteiger partial charge in [-0.3, -0.25) is 0 Å². The van der Waals surface area contributed by atoms with Gasteiger partial charge in [0, 0.05) is 16.0 Å². The molecule has 0 aliphatic carbocycles. The first-order valence-corrected chi connectivity index (χ1v) is 7.25. The molecule has 1 heterocycles. The third-order valence-corrected chi connectivity index (χ3v) is 3.77. The van der Waals surface area contributed by atoms with Gasteiger partial charge in [-0.2, -0.15) is 13.2 Å². The van der Waals surface area contributed by atoms with Crippen LogP contribution < -0.4 is 0 Å². The summed E-state index contributed by atoms with van der Waals surface area (Å²) in [6, 6.07) is 7.50. The number of hydrogen-bond donors (Lipinski definition) is 1.